The predicted octanol–water partition coefficient (Wildman–Crippen LogP) is 2.55. The van der Waals surface area contributed by atoms with Crippen molar-refractivity contribution >= 4 is 17.5 Å². The van der Waals surface area contributed by atoms with E-state index in [4.69, 9.17) is 11.6 Å². The van der Waals surface area contributed by atoms with E-state index in [2.05, 4.69) is 5.32 Å². The largest absolute Gasteiger partial charge is 0.356 e. The van der Waals surface area contributed by atoms with Crippen LogP contribution in [0.2, 0.25) is 5.02 Å². The van der Waals surface area contributed by atoms with E-state index in [-0.39, 0.29) is 16.8 Å². The van der Waals surface area contributed by atoms with Gasteiger partial charge in [0.1, 0.15) is 5.82 Å². The minimum atomic E-state index is -0.421. The molecule has 1 fully saturated rings. The molecular formula is C12H13ClFNO. The summed E-state index contributed by atoms with van der Waals surface area (Å²) >= 11 is 5.85. The van der Waals surface area contributed by atoms with Gasteiger partial charge in [0.05, 0.1) is 5.02 Å². The highest BCUT2D eigenvalue weighted by Crippen LogP contribution is 2.25. The van der Waals surface area contributed by atoms with E-state index in [1.807, 2.05) is 0 Å². The highest BCUT2D eigenvalue weighted by atomic mass is 35.5. The molecule has 1 saturated heterocycles. The Morgan fingerprint density at radius 3 is 3.06 bits per heavy atom. The molecule has 1 aliphatic heterocycles. The summed E-state index contributed by atoms with van der Waals surface area (Å²) in [5, 5.41) is 2.95. The lowest BCUT2D eigenvalue weighted by molar-refractivity contribution is -0.126. The predicted molar refractivity (Wildman–Crippen MR) is 60.8 cm³/mol. The first-order valence-corrected chi connectivity index (χ1v) is 5.77. The summed E-state index contributed by atoms with van der Waals surface area (Å²) in [7, 11) is 0. The average molecular weight is 242 g/mol. The van der Waals surface area contributed by atoms with Crippen LogP contribution >= 0.6 is 11.6 Å². The van der Waals surface area contributed by atoms with Gasteiger partial charge in [0.15, 0.2) is 0 Å². The maximum atomic E-state index is 13.2. The SMILES string of the molecule is O=C1NCCCC1Cc1cccc(F)c1Cl. The van der Waals surface area contributed by atoms with Crippen LogP contribution in [0.3, 0.4) is 0 Å². The van der Waals surface area contributed by atoms with Crippen molar-refractivity contribution in [2.45, 2.75) is 19.3 Å². The molecule has 2 nitrogen and oxygen atoms in total. The fraction of sp³-hybridized carbons (Fsp3) is 0.417. The van der Waals surface area contributed by atoms with E-state index in [1.165, 1.54) is 6.07 Å². The fourth-order valence-electron chi connectivity index (χ4n) is 2.00. The Labute approximate surface area is 98.8 Å². The standard InChI is InChI=1S/C12H13ClFNO/c13-11-8(3-1-5-10(11)14)7-9-4-2-6-15-12(9)16/h1,3,5,9H,2,4,6-7H2,(H,15,16). The Bertz CT molecular complexity index is 408. The quantitative estimate of drug-likeness (QED) is 0.847. The first-order valence-electron chi connectivity index (χ1n) is 5.39. The monoisotopic (exact) mass is 241 g/mol. The maximum absolute atomic E-state index is 13.2. The van der Waals surface area contributed by atoms with E-state index >= 15 is 0 Å². The van der Waals surface area contributed by atoms with Crippen LogP contribution in [0.4, 0.5) is 4.39 Å². The Morgan fingerprint density at radius 2 is 2.31 bits per heavy atom. The number of rotatable bonds is 2. The van der Waals surface area contributed by atoms with Crippen molar-refractivity contribution in [3.63, 3.8) is 0 Å². The molecule has 1 aromatic rings. The summed E-state index contributed by atoms with van der Waals surface area (Å²) in [6.07, 6.45) is 2.34. The number of carbonyl (C=O) groups excluding carboxylic acids is 1. The first-order chi connectivity index (χ1) is 7.68. The van der Waals surface area contributed by atoms with E-state index in [1.54, 1.807) is 12.1 Å². The summed E-state index contributed by atoms with van der Waals surface area (Å²) in [5.74, 6) is -0.449. The van der Waals surface area contributed by atoms with Crippen molar-refractivity contribution in [1.82, 2.24) is 5.32 Å². The molecule has 1 heterocycles. The smallest absolute Gasteiger partial charge is 0.223 e. The minimum absolute atomic E-state index is 0.0478. The van der Waals surface area contributed by atoms with Crippen molar-refractivity contribution in [3.05, 3.63) is 34.6 Å². The van der Waals surface area contributed by atoms with Gasteiger partial charge < -0.3 is 5.32 Å². The van der Waals surface area contributed by atoms with Crippen LogP contribution in [0, 0.1) is 11.7 Å². The summed E-state index contributed by atoms with van der Waals surface area (Å²) in [6.45, 7) is 0.742. The number of amides is 1. The summed E-state index contributed by atoms with van der Waals surface area (Å²) in [6, 6.07) is 4.72. The highest BCUT2D eigenvalue weighted by molar-refractivity contribution is 6.31. The molecule has 1 aliphatic rings. The van der Waals surface area contributed by atoms with Crippen LogP contribution in [0.5, 0.6) is 0 Å². The molecule has 0 aromatic heterocycles. The van der Waals surface area contributed by atoms with Crippen molar-refractivity contribution in [3.8, 4) is 0 Å². The third-order valence-electron chi connectivity index (χ3n) is 2.90. The summed E-state index contributed by atoms with van der Waals surface area (Å²) in [5.41, 5.74) is 0.712. The van der Waals surface area contributed by atoms with Crippen molar-refractivity contribution in [2.24, 2.45) is 5.92 Å². The average Bonchev–Trinajstić information content (AvgIpc) is 2.28. The van der Waals surface area contributed by atoms with E-state index in [0.717, 1.165) is 19.4 Å². The van der Waals surface area contributed by atoms with Crippen LogP contribution in [-0.2, 0) is 11.2 Å². The number of hydrogen-bond donors (Lipinski definition) is 1. The van der Waals surface area contributed by atoms with Crippen molar-refractivity contribution < 1.29 is 9.18 Å². The zero-order chi connectivity index (χ0) is 11.5. The molecule has 1 N–H and O–H groups in total. The zero-order valence-corrected chi connectivity index (χ0v) is 9.56. The maximum Gasteiger partial charge on any atom is 0.223 e. The molecule has 0 spiro atoms. The van der Waals surface area contributed by atoms with Gasteiger partial charge >= 0.3 is 0 Å². The van der Waals surface area contributed by atoms with Crippen LogP contribution in [0.15, 0.2) is 18.2 Å². The third-order valence-corrected chi connectivity index (χ3v) is 3.32. The lowest BCUT2D eigenvalue weighted by atomic mass is 9.91. The second-order valence-electron chi connectivity index (χ2n) is 4.05. The molecule has 1 amide bonds. The Kier molecular flexibility index (Phi) is 3.44. The third kappa shape index (κ3) is 2.35. The molecule has 16 heavy (non-hydrogen) atoms. The second-order valence-corrected chi connectivity index (χ2v) is 4.43. The molecule has 4 heteroatoms. The fourth-order valence-corrected chi connectivity index (χ4v) is 2.20. The van der Waals surface area contributed by atoms with Crippen molar-refractivity contribution in [1.29, 1.82) is 0 Å². The lowest BCUT2D eigenvalue weighted by Gasteiger charge is -2.22. The molecule has 0 saturated carbocycles. The number of nitrogens with one attached hydrogen (secondary N) is 1. The Balaban J connectivity index is 2.14. The number of halogens is 2. The highest BCUT2D eigenvalue weighted by Gasteiger charge is 2.23. The Morgan fingerprint density at radius 1 is 1.50 bits per heavy atom. The molecule has 0 bridgehead atoms. The molecule has 0 radical (unpaired) electrons. The van der Waals surface area contributed by atoms with E-state index < -0.39 is 5.82 Å². The van der Waals surface area contributed by atoms with Gasteiger partial charge in [0, 0.05) is 12.5 Å². The molecule has 0 aliphatic carbocycles. The summed E-state index contributed by atoms with van der Waals surface area (Å²) in [4.78, 5) is 11.5. The lowest BCUT2D eigenvalue weighted by Crippen LogP contribution is -2.37. The van der Waals surface area contributed by atoms with Gasteiger partial charge in [-0.2, -0.15) is 0 Å². The molecule has 1 unspecified atom stereocenters. The van der Waals surface area contributed by atoms with E-state index in [0.29, 0.717) is 12.0 Å². The Hall–Kier alpha value is -1.09. The molecule has 2 rings (SSSR count). The molecule has 1 atom stereocenters. The van der Waals surface area contributed by atoms with Gasteiger partial charge in [-0.05, 0) is 30.9 Å². The summed E-state index contributed by atoms with van der Waals surface area (Å²) < 4.78 is 13.2. The number of piperidine rings is 1. The topological polar surface area (TPSA) is 29.1 Å². The second kappa shape index (κ2) is 4.83. The minimum Gasteiger partial charge on any atom is -0.356 e. The normalized spacial score (nSPS) is 20.6. The number of benzene rings is 1. The van der Waals surface area contributed by atoms with Gasteiger partial charge in [-0.3, -0.25) is 4.79 Å². The molecule has 1 aromatic carbocycles. The molecule has 86 valence electrons. The van der Waals surface area contributed by atoms with Crippen LogP contribution < -0.4 is 5.32 Å². The van der Waals surface area contributed by atoms with Gasteiger partial charge in [-0.15, -0.1) is 0 Å². The zero-order valence-electron chi connectivity index (χ0n) is 8.80. The number of carbonyl (C=O) groups is 1. The number of hydrogen-bond acceptors (Lipinski definition) is 1. The van der Waals surface area contributed by atoms with Crippen molar-refractivity contribution in [2.75, 3.05) is 6.54 Å². The van der Waals surface area contributed by atoms with Crippen LogP contribution in [0.1, 0.15) is 18.4 Å². The van der Waals surface area contributed by atoms with E-state index in [9.17, 15) is 9.18 Å². The first kappa shape index (κ1) is 11.4. The molecular weight excluding hydrogens is 229 g/mol. The van der Waals surface area contributed by atoms with Gasteiger partial charge in [-0.25, -0.2) is 4.39 Å². The van der Waals surface area contributed by atoms with Gasteiger partial charge in [-0.1, -0.05) is 23.7 Å². The van der Waals surface area contributed by atoms with Gasteiger partial charge in [0.2, 0.25) is 5.91 Å². The van der Waals surface area contributed by atoms with Crippen LogP contribution in [0.25, 0.3) is 0 Å². The van der Waals surface area contributed by atoms with Gasteiger partial charge in [0.25, 0.3) is 0 Å². The van der Waals surface area contributed by atoms with Crippen LogP contribution in [-0.4, -0.2) is 12.5 Å².